The standard InChI is InChI=1S/C14H20N4O2/c1-16-14(20)12-7-4-8-18(12)9-10-5-2-3-6-11(10)13(19)17-15/h2-3,5-6,12H,4,7-9,15H2,1H3,(H,16,20)(H,17,19). The number of hydrazine groups is 1. The van der Waals surface area contributed by atoms with E-state index < -0.39 is 0 Å². The number of benzene rings is 1. The summed E-state index contributed by atoms with van der Waals surface area (Å²) in [6.07, 6.45) is 1.84. The Morgan fingerprint density at radius 3 is 2.85 bits per heavy atom. The maximum absolute atomic E-state index is 11.8. The Balaban J connectivity index is 2.17. The van der Waals surface area contributed by atoms with Gasteiger partial charge >= 0.3 is 0 Å². The average molecular weight is 276 g/mol. The number of amides is 2. The number of nitrogens with zero attached hydrogens (tertiary/aromatic N) is 1. The van der Waals surface area contributed by atoms with Crippen molar-refractivity contribution in [3.05, 3.63) is 35.4 Å². The molecule has 20 heavy (non-hydrogen) atoms. The van der Waals surface area contributed by atoms with Crippen molar-refractivity contribution in [1.82, 2.24) is 15.6 Å². The van der Waals surface area contributed by atoms with Gasteiger partial charge in [-0.05, 0) is 31.0 Å². The molecule has 6 nitrogen and oxygen atoms in total. The molecule has 1 aliphatic rings. The van der Waals surface area contributed by atoms with E-state index in [-0.39, 0.29) is 17.9 Å². The fraction of sp³-hybridized carbons (Fsp3) is 0.429. The van der Waals surface area contributed by atoms with E-state index in [0.717, 1.165) is 24.9 Å². The summed E-state index contributed by atoms with van der Waals surface area (Å²) >= 11 is 0. The lowest BCUT2D eigenvalue weighted by atomic mass is 10.1. The highest BCUT2D eigenvalue weighted by Gasteiger charge is 2.30. The smallest absolute Gasteiger partial charge is 0.265 e. The molecule has 1 heterocycles. The van der Waals surface area contributed by atoms with Gasteiger partial charge in [0.1, 0.15) is 0 Å². The second-order valence-corrected chi connectivity index (χ2v) is 4.87. The molecule has 1 aromatic rings. The normalized spacial score (nSPS) is 18.8. The van der Waals surface area contributed by atoms with Crippen molar-refractivity contribution in [1.29, 1.82) is 0 Å². The summed E-state index contributed by atoms with van der Waals surface area (Å²) < 4.78 is 0. The van der Waals surface area contributed by atoms with Gasteiger partial charge in [-0.3, -0.25) is 19.9 Å². The van der Waals surface area contributed by atoms with E-state index in [1.807, 2.05) is 12.1 Å². The van der Waals surface area contributed by atoms with Gasteiger partial charge in [0.15, 0.2) is 0 Å². The number of likely N-dealkylation sites (N-methyl/N-ethyl adjacent to an activating group) is 1. The first kappa shape index (κ1) is 14.5. The van der Waals surface area contributed by atoms with Crippen LogP contribution in [0.2, 0.25) is 0 Å². The Bertz CT molecular complexity index is 504. The summed E-state index contributed by atoms with van der Waals surface area (Å²) in [5.41, 5.74) is 3.59. The fourth-order valence-corrected chi connectivity index (χ4v) is 2.66. The second-order valence-electron chi connectivity index (χ2n) is 4.87. The van der Waals surface area contributed by atoms with Crippen LogP contribution in [0.4, 0.5) is 0 Å². The summed E-state index contributed by atoms with van der Waals surface area (Å²) in [6.45, 7) is 1.43. The summed E-state index contributed by atoms with van der Waals surface area (Å²) in [5.74, 6) is 4.92. The van der Waals surface area contributed by atoms with E-state index in [1.165, 1.54) is 0 Å². The van der Waals surface area contributed by atoms with E-state index in [4.69, 9.17) is 5.84 Å². The van der Waals surface area contributed by atoms with Crippen molar-refractivity contribution in [3.8, 4) is 0 Å². The molecule has 0 radical (unpaired) electrons. The number of likely N-dealkylation sites (tertiary alicyclic amines) is 1. The first-order valence-electron chi connectivity index (χ1n) is 6.72. The molecule has 0 bridgehead atoms. The van der Waals surface area contributed by atoms with E-state index in [1.54, 1.807) is 19.2 Å². The summed E-state index contributed by atoms with van der Waals surface area (Å²) in [7, 11) is 1.65. The van der Waals surface area contributed by atoms with Crippen LogP contribution in [0.25, 0.3) is 0 Å². The Kier molecular flexibility index (Phi) is 4.70. The molecule has 1 unspecified atom stereocenters. The minimum absolute atomic E-state index is 0.0308. The van der Waals surface area contributed by atoms with Gasteiger partial charge < -0.3 is 5.32 Å². The summed E-state index contributed by atoms with van der Waals surface area (Å²) in [6, 6.07) is 7.20. The van der Waals surface area contributed by atoms with Gasteiger partial charge in [0.05, 0.1) is 6.04 Å². The van der Waals surface area contributed by atoms with Crippen molar-refractivity contribution in [3.63, 3.8) is 0 Å². The summed E-state index contributed by atoms with van der Waals surface area (Å²) in [4.78, 5) is 25.7. The topological polar surface area (TPSA) is 87.5 Å². The van der Waals surface area contributed by atoms with Crippen LogP contribution in [-0.4, -0.2) is 36.3 Å². The second kappa shape index (κ2) is 6.49. The zero-order chi connectivity index (χ0) is 14.5. The van der Waals surface area contributed by atoms with Gasteiger partial charge in [-0.2, -0.15) is 0 Å². The molecular weight excluding hydrogens is 256 g/mol. The lowest BCUT2D eigenvalue weighted by molar-refractivity contribution is -0.125. The Labute approximate surface area is 118 Å². The van der Waals surface area contributed by atoms with E-state index >= 15 is 0 Å². The minimum Gasteiger partial charge on any atom is -0.358 e. The van der Waals surface area contributed by atoms with Crippen LogP contribution in [0.15, 0.2) is 24.3 Å². The van der Waals surface area contributed by atoms with Crippen LogP contribution in [-0.2, 0) is 11.3 Å². The highest BCUT2D eigenvalue weighted by Crippen LogP contribution is 2.21. The first-order chi connectivity index (χ1) is 9.67. The van der Waals surface area contributed by atoms with Crippen LogP contribution in [0.1, 0.15) is 28.8 Å². The van der Waals surface area contributed by atoms with Crippen LogP contribution in [0, 0.1) is 0 Å². The fourth-order valence-electron chi connectivity index (χ4n) is 2.66. The number of hydrogen-bond donors (Lipinski definition) is 3. The van der Waals surface area contributed by atoms with Crippen molar-refractivity contribution in [2.45, 2.75) is 25.4 Å². The van der Waals surface area contributed by atoms with Crippen molar-refractivity contribution >= 4 is 11.8 Å². The average Bonchev–Trinajstić information content (AvgIpc) is 2.94. The van der Waals surface area contributed by atoms with Gasteiger partial charge in [-0.15, -0.1) is 0 Å². The molecule has 1 aliphatic heterocycles. The molecular formula is C14H20N4O2. The molecule has 0 aliphatic carbocycles. The van der Waals surface area contributed by atoms with Crippen LogP contribution in [0.3, 0.4) is 0 Å². The zero-order valence-electron chi connectivity index (χ0n) is 11.6. The third-order valence-corrected chi connectivity index (χ3v) is 3.68. The Hall–Kier alpha value is -1.92. The van der Waals surface area contributed by atoms with E-state index in [0.29, 0.717) is 12.1 Å². The number of rotatable bonds is 4. The largest absolute Gasteiger partial charge is 0.358 e. The maximum Gasteiger partial charge on any atom is 0.265 e. The predicted octanol–water partition coefficient (Wildman–Crippen LogP) is 0.000500. The molecule has 1 atom stereocenters. The van der Waals surface area contributed by atoms with Crippen molar-refractivity contribution in [2.75, 3.05) is 13.6 Å². The highest BCUT2D eigenvalue weighted by molar-refractivity contribution is 5.95. The van der Waals surface area contributed by atoms with Crippen molar-refractivity contribution in [2.24, 2.45) is 5.84 Å². The molecule has 108 valence electrons. The molecule has 6 heteroatoms. The third-order valence-electron chi connectivity index (χ3n) is 3.68. The first-order valence-corrected chi connectivity index (χ1v) is 6.72. The molecule has 0 aromatic heterocycles. The van der Waals surface area contributed by atoms with Crippen LogP contribution < -0.4 is 16.6 Å². The van der Waals surface area contributed by atoms with Gasteiger partial charge in [0.25, 0.3) is 5.91 Å². The Morgan fingerprint density at radius 2 is 2.15 bits per heavy atom. The SMILES string of the molecule is CNC(=O)C1CCCN1Cc1ccccc1C(=O)NN. The van der Waals surface area contributed by atoms with Gasteiger partial charge in [-0.1, -0.05) is 18.2 Å². The van der Waals surface area contributed by atoms with Gasteiger partial charge in [0, 0.05) is 19.2 Å². The quantitative estimate of drug-likeness (QED) is 0.410. The van der Waals surface area contributed by atoms with E-state index in [9.17, 15) is 9.59 Å². The molecule has 0 saturated carbocycles. The minimum atomic E-state index is -0.309. The molecule has 2 rings (SSSR count). The van der Waals surface area contributed by atoms with E-state index in [2.05, 4.69) is 15.6 Å². The van der Waals surface area contributed by atoms with Crippen LogP contribution in [0.5, 0.6) is 0 Å². The zero-order valence-corrected chi connectivity index (χ0v) is 11.6. The number of nitrogens with two attached hydrogens (primary N) is 1. The van der Waals surface area contributed by atoms with Crippen molar-refractivity contribution < 1.29 is 9.59 Å². The van der Waals surface area contributed by atoms with Crippen LogP contribution >= 0.6 is 0 Å². The Morgan fingerprint density at radius 1 is 1.40 bits per heavy atom. The number of carbonyl (C=O) groups excluding carboxylic acids is 2. The molecule has 1 aromatic carbocycles. The molecule has 1 fully saturated rings. The monoisotopic (exact) mass is 276 g/mol. The highest BCUT2D eigenvalue weighted by atomic mass is 16.2. The molecule has 0 spiro atoms. The maximum atomic E-state index is 11.8. The third kappa shape index (κ3) is 2.97. The molecule has 2 amide bonds. The lowest BCUT2D eigenvalue weighted by Crippen LogP contribution is -2.41. The lowest BCUT2D eigenvalue weighted by Gasteiger charge is -2.24. The molecule has 4 N–H and O–H groups in total. The number of nitrogen functional groups attached to an aromatic ring is 1. The summed E-state index contributed by atoms with van der Waals surface area (Å²) in [5, 5.41) is 2.69. The van der Waals surface area contributed by atoms with Gasteiger partial charge in [0.2, 0.25) is 5.91 Å². The number of nitrogens with one attached hydrogen (secondary N) is 2. The van der Waals surface area contributed by atoms with Gasteiger partial charge in [-0.25, -0.2) is 5.84 Å². The molecule has 1 saturated heterocycles. The number of hydrogen-bond acceptors (Lipinski definition) is 4. The number of carbonyl (C=O) groups is 2. The predicted molar refractivity (Wildman–Crippen MR) is 75.6 cm³/mol.